The van der Waals surface area contributed by atoms with Gasteiger partial charge in [0.25, 0.3) is 0 Å². The third-order valence-electron chi connectivity index (χ3n) is 5.54. The molecule has 7 nitrogen and oxygen atoms in total. The fourth-order valence-electron chi connectivity index (χ4n) is 3.72. The predicted molar refractivity (Wildman–Crippen MR) is 102 cm³/mol. The molecule has 2 heterocycles. The second-order valence-electron chi connectivity index (χ2n) is 7.93. The second kappa shape index (κ2) is 8.10. The summed E-state index contributed by atoms with van der Waals surface area (Å²) >= 11 is 0. The zero-order chi connectivity index (χ0) is 19.6. The van der Waals surface area contributed by atoms with Gasteiger partial charge in [-0.2, -0.15) is 5.10 Å². The first kappa shape index (κ1) is 20.3. The molecule has 3 amide bonds. The number of rotatable bonds is 5. The third kappa shape index (κ3) is 4.37. The third-order valence-corrected chi connectivity index (χ3v) is 5.54. The van der Waals surface area contributed by atoms with Crippen LogP contribution in [0.4, 0.5) is 4.79 Å². The Bertz CT molecular complexity index is 665. The van der Waals surface area contributed by atoms with Crippen molar-refractivity contribution in [3.63, 3.8) is 0 Å². The van der Waals surface area contributed by atoms with Crippen molar-refractivity contribution in [1.29, 1.82) is 0 Å². The molecular formula is C19H33N5O2. The first-order valence-corrected chi connectivity index (χ1v) is 9.36. The molecule has 0 saturated carbocycles. The number of amides is 3. The maximum atomic E-state index is 12.8. The van der Waals surface area contributed by atoms with Gasteiger partial charge < -0.3 is 15.1 Å². The molecule has 1 aliphatic rings. The maximum Gasteiger partial charge on any atom is 0.317 e. The number of nitrogens with one attached hydrogen (secondary N) is 1. The van der Waals surface area contributed by atoms with Gasteiger partial charge in [0.05, 0.1) is 11.7 Å². The second-order valence-corrected chi connectivity index (χ2v) is 7.93. The molecule has 2 unspecified atom stereocenters. The average Bonchev–Trinajstić information content (AvgIpc) is 3.07. The number of hydrogen-bond donors (Lipinski definition) is 1. The summed E-state index contributed by atoms with van der Waals surface area (Å²) in [5, 5.41) is 7.49. The molecule has 26 heavy (non-hydrogen) atoms. The van der Waals surface area contributed by atoms with Gasteiger partial charge in [0.15, 0.2) is 0 Å². The van der Waals surface area contributed by atoms with E-state index >= 15 is 0 Å². The number of carbonyl (C=O) groups is 2. The molecule has 1 aliphatic heterocycles. The van der Waals surface area contributed by atoms with E-state index in [-0.39, 0.29) is 23.9 Å². The molecule has 7 heteroatoms. The molecule has 2 rings (SSSR count). The number of nitrogens with zero attached hydrogens (tertiary/aromatic N) is 4. The highest BCUT2D eigenvalue weighted by molar-refractivity contribution is 5.78. The molecule has 0 spiro atoms. The van der Waals surface area contributed by atoms with Gasteiger partial charge in [0.2, 0.25) is 5.91 Å². The normalized spacial score (nSPS) is 19.9. The van der Waals surface area contributed by atoms with Crippen LogP contribution in [0.5, 0.6) is 0 Å². The van der Waals surface area contributed by atoms with Crippen LogP contribution in [0.25, 0.3) is 0 Å². The van der Waals surface area contributed by atoms with Crippen LogP contribution in [-0.4, -0.2) is 64.7 Å². The van der Waals surface area contributed by atoms with Gasteiger partial charge >= 0.3 is 6.03 Å². The molecule has 1 aromatic heterocycles. The lowest BCUT2D eigenvalue weighted by molar-refractivity contribution is -0.130. The van der Waals surface area contributed by atoms with Crippen LogP contribution in [-0.2, 0) is 18.3 Å². The van der Waals surface area contributed by atoms with Gasteiger partial charge in [-0.15, -0.1) is 0 Å². The van der Waals surface area contributed by atoms with E-state index in [2.05, 4.69) is 24.3 Å². The summed E-state index contributed by atoms with van der Waals surface area (Å²) in [6.07, 6.45) is 1.19. The minimum atomic E-state index is -0.100. The molecule has 2 atom stereocenters. The predicted octanol–water partition coefficient (Wildman–Crippen LogP) is 1.72. The Hall–Kier alpha value is -2.05. The van der Waals surface area contributed by atoms with Gasteiger partial charge in [-0.3, -0.25) is 9.48 Å². The van der Waals surface area contributed by atoms with Crippen LogP contribution in [0.3, 0.4) is 0 Å². The van der Waals surface area contributed by atoms with Crippen LogP contribution in [0.15, 0.2) is 0 Å². The molecule has 0 aliphatic carbocycles. The summed E-state index contributed by atoms with van der Waals surface area (Å²) in [5.74, 6) is 0.840. The maximum absolute atomic E-state index is 12.8. The minimum absolute atomic E-state index is 0.00992. The number of aromatic nitrogens is 2. The lowest BCUT2D eigenvalue weighted by atomic mass is 9.91. The number of hydrogen-bond acceptors (Lipinski definition) is 3. The minimum Gasteiger partial charge on any atom is -0.340 e. The molecule has 0 radical (unpaired) electrons. The van der Waals surface area contributed by atoms with Gasteiger partial charge in [0, 0.05) is 52.3 Å². The summed E-state index contributed by atoms with van der Waals surface area (Å²) in [5.41, 5.74) is 3.28. The number of urea groups is 1. The quantitative estimate of drug-likeness (QED) is 0.866. The van der Waals surface area contributed by atoms with Crippen molar-refractivity contribution in [2.75, 3.05) is 27.2 Å². The first-order chi connectivity index (χ1) is 12.1. The monoisotopic (exact) mass is 363 g/mol. The van der Waals surface area contributed by atoms with Crippen molar-refractivity contribution < 1.29 is 9.59 Å². The fraction of sp³-hybridized carbons (Fsp3) is 0.737. The Morgan fingerprint density at radius 2 is 1.92 bits per heavy atom. The van der Waals surface area contributed by atoms with Crippen LogP contribution >= 0.6 is 0 Å². The van der Waals surface area contributed by atoms with Gasteiger partial charge in [-0.05, 0) is 31.7 Å². The molecule has 146 valence electrons. The molecule has 1 aromatic rings. The summed E-state index contributed by atoms with van der Waals surface area (Å²) in [6, 6.07) is -0.0905. The standard InChI is InChI=1S/C19H33N5O2/c1-12(2)16-10-24(11-17(16)20-19(26)22(5)6)18(25)9-8-15-13(3)21-23(7)14(15)4/h12,16-17H,8-11H2,1-7H3,(H,20,26). The van der Waals surface area contributed by atoms with E-state index in [9.17, 15) is 9.59 Å². The van der Waals surface area contributed by atoms with Crippen LogP contribution in [0.2, 0.25) is 0 Å². The Morgan fingerprint density at radius 3 is 2.42 bits per heavy atom. The Morgan fingerprint density at radius 1 is 1.27 bits per heavy atom. The van der Waals surface area contributed by atoms with E-state index in [1.54, 1.807) is 14.1 Å². The van der Waals surface area contributed by atoms with Gasteiger partial charge in [-0.25, -0.2) is 4.79 Å². The topological polar surface area (TPSA) is 70.5 Å². The van der Waals surface area contributed by atoms with Crippen LogP contribution < -0.4 is 5.32 Å². The van der Waals surface area contributed by atoms with Crippen LogP contribution in [0, 0.1) is 25.7 Å². The average molecular weight is 364 g/mol. The zero-order valence-electron chi connectivity index (χ0n) is 17.2. The Balaban J connectivity index is 1.99. The van der Waals surface area contributed by atoms with E-state index < -0.39 is 0 Å². The molecule has 0 bridgehead atoms. The zero-order valence-corrected chi connectivity index (χ0v) is 17.2. The van der Waals surface area contributed by atoms with Crippen molar-refractivity contribution in [1.82, 2.24) is 24.9 Å². The first-order valence-electron chi connectivity index (χ1n) is 9.36. The smallest absolute Gasteiger partial charge is 0.317 e. The van der Waals surface area contributed by atoms with Gasteiger partial charge in [-0.1, -0.05) is 13.8 Å². The summed E-state index contributed by atoms with van der Waals surface area (Å²) in [4.78, 5) is 28.2. The molecular weight excluding hydrogens is 330 g/mol. The molecule has 1 fully saturated rings. The SMILES string of the molecule is Cc1nn(C)c(C)c1CCC(=O)N1CC(NC(=O)N(C)C)C(C(C)C)C1. The lowest BCUT2D eigenvalue weighted by Gasteiger charge is -2.24. The van der Waals surface area contributed by atoms with E-state index in [4.69, 9.17) is 0 Å². The van der Waals surface area contributed by atoms with E-state index in [0.717, 1.165) is 17.0 Å². The Kier molecular flexibility index (Phi) is 6.31. The summed E-state index contributed by atoms with van der Waals surface area (Å²) < 4.78 is 1.87. The molecule has 1 N–H and O–H groups in total. The van der Waals surface area contributed by atoms with E-state index in [0.29, 0.717) is 31.8 Å². The molecule has 1 saturated heterocycles. The molecule has 0 aromatic carbocycles. The van der Waals surface area contributed by atoms with Crippen molar-refractivity contribution in [2.24, 2.45) is 18.9 Å². The highest BCUT2D eigenvalue weighted by Gasteiger charge is 2.37. The number of aryl methyl sites for hydroxylation is 2. The van der Waals surface area contributed by atoms with Crippen molar-refractivity contribution in [2.45, 2.75) is 46.6 Å². The Labute approximate surface area is 156 Å². The lowest BCUT2D eigenvalue weighted by Crippen LogP contribution is -2.46. The van der Waals surface area contributed by atoms with E-state index in [1.165, 1.54) is 4.90 Å². The highest BCUT2D eigenvalue weighted by Crippen LogP contribution is 2.25. The largest absolute Gasteiger partial charge is 0.340 e. The number of carbonyl (C=O) groups excluding carboxylic acids is 2. The van der Waals surface area contributed by atoms with Crippen molar-refractivity contribution in [3.05, 3.63) is 17.0 Å². The summed E-state index contributed by atoms with van der Waals surface area (Å²) in [7, 11) is 5.39. The highest BCUT2D eigenvalue weighted by atomic mass is 16.2. The van der Waals surface area contributed by atoms with Crippen molar-refractivity contribution in [3.8, 4) is 0 Å². The van der Waals surface area contributed by atoms with E-state index in [1.807, 2.05) is 30.5 Å². The van der Waals surface area contributed by atoms with Gasteiger partial charge in [0.1, 0.15) is 0 Å². The van der Waals surface area contributed by atoms with Crippen molar-refractivity contribution >= 4 is 11.9 Å². The fourth-order valence-corrected chi connectivity index (χ4v) is 3.72. The number of likely N-dealkylation sites (tertiary alicyclic amines) is 1. The summed E-state index contributed by atoms with van der Waals surface area (Å²) in [6.45, 7) is 9.62. The van der Waals surface area contributed by atoms with Crippen LogP contribution in [0.1, 0.15) is 37.2 Å².